The second kappa shape index (κ2) is 4.91. The molecule has 2 heterocycles. The van der Waals surface area contributed by atoms with Gasteiger partial charge in [0, 0.05) is 28.4 Å². The Balaban J connectivity index is 1.74. The summed E-state index contributed by atoms with van der Waals surface area (Å²) in [5.74, 6) is 0.488. The zero-order valence-corrected chi connectivity index (χ0v) is 15.0. The van der Waals surface area contributed by atoms with Gasteiger partial charge in [-0.05, 0) is 82.3 Å². The van der Waals surface area contributed by atoms with E-state index in [0.29, 0.717) is 5.92 Å². The van der Waals surface area contributed by atoms with Gasteiger partial charge in [-0.3, -0.25) is 4.90 Å². The van der Waals surface area contributed by atoms with E-state index < -0.39 is 0 Å². The molecule has 1 aromatic rings. The van der Waals surface area contributed by atoms with Gasteiger partial charge < -0.3 is 5.32 Å². The van der Waals surface area contributed by atoms with Gasteiger partial charge in [-0.2, -0.15) is 12.6 Å². The topological polar surface area (TPSA) is 15.3 Å². The van der Waals surface area contributed by atoms with Crippen molar-refractivity contribution in [1.29, 1.82) is 0 Å². The molecule has 3 aliphatic rings. The second-order valence-corrected chi connectivity index (χ2v) is 8.87. The van der Waals surface area contributed by atoms with Crippen LogP contribution in [0.2, 0.25) is 0 Å². The van der Waals surface area contributed by atoms with E-state index in [0.717, 1.165) is 6.54 Å². The van der Waals surface area contributed by atoms with Crippen LogP contribution in [0.25, 0.3) is 0 Å². The zero-order valence-electron chi connectivity index (χ0n) is 14.1. The fraction of sp³-hybridized carbons (Fsp3) is 0.684. The van der Waals surface area contributed by atoms with Crippen molar-refractivity contribution in [3.8, 4) is 0 Å². The smallest absolute Gasteiger partial charge is 0.0379 e. The summed E-state index contributed by atoms with van der Waals surface area (Å²) in [5, 5.41) is 3.67. The lowest BCUT2D eigenvalue weighted by atomic mass is 9.73. The molecule has 0 aromatic heterocycles. The molecular formula is C19H28N2S. The van der Waals surface area contributed by atoms with E-state index in [-0.39, 0.29) is 10.3 Å². The van der Waals surface area contributed by atoms with Gasteiger partial charge in [-0.25, -0.2) is 0 Å². The first-order valence-electron chi connectivity index (χ1n) is 8.77. The van der Waals surface area contributed by atoms with Gasteiger partial charge in [-0.15, -0.1) is 0 Å². The molecule has 22 heavy (non-hydrogen) atoms. The monoisotopic (exact) mass is 316 g/mol. The van der Waals surface area contributed by atoms with Crippen LogP contribution in [0.4, 0.5) is 5.69 Å². The van der Waals surface area contributed by atoms with E-state index in [1.54, 1.807) is 11.1 Å². The maximum absolute atomic E-state index is 5.27. The Morgan fingerprint density at radius 3 is 2.68 bits per heavy atom. The Morgan fingerprint density at radius 2 is 2.00 bits per heavy atom. The normalized spacial score (nSPS) is 33.4. The van der Waals surface area contributed by atoms with Crippen LogP contribution in [0.3, 0.4) is 0 Å². The Labute approximate surface area is 140 Å². The summed E-state index contributed by atoms with van der Waals surface area (Å²) in [4.78, 5) is 2.53. The molecule has 1 fully saturated rings. The Morgan fingerprint density at radius 1 is 1.27 bits per heavy atom. The number of thiol groups is 1. The van der Waals surface area contributed by atoms with Crippen LogP contribution in [-0.4, -0.2) is 35.3 Å². The highest BCUT2D eigenvalue weighted by molar-refractivity contribution is 7.82. The molecule has 3 heteroatoms. The Kier molecular flexibility index (Phi) is 3.32. The molecule has 1 saturated heterocycles. The molecule has 1 N–H and O–H groups in total. The van der Waals surface area contributed by atoms with Gasteiger partial charge in [0.1, 0.15) is 0 Å². The van der Waals surface area contributed by atoms with E-state index in [1.165, 1.54) is 49.9 Å². The third-order valence-electron chi connectivity index (χ3n) is 6.90. The van der Waals surface area contributed by atoms with Crippen molar-refractivity contribution >= 4 is 18.3 Å². The summed E-state index contributed by atoms with van der Waals surface area (Å²) >= 11 is 5.27. The molecule has 0 amide bonds. The molecule has 2 nitrogen and oxygen atoms in total. The number of hydrogen-bond acceptors (Lipinski definition) is 3. The molecule has 0 radical (unpaired) electrons. The van der Waals surface area contributed by atoms with Gasteiger partial charge in [-0.1, -0.05) is 6.07 Å². The van der Waals surface area contributed by atoms with E-state index in [4.69, 9.17) is 12.6 Å². The van der Waals surface area contributed by atoms with Crippen molar-refractivity contribution in [2.75, 3.05) is 25.5 Å². The molecule has 4 rings (SSSR count). The lowest BCUT2D eigenvalue weighted by Gasteiger charge is -2.49. The third-order valence-corrected chi connectivity index (χ3v) is 7.70. The van der Waals surface area contributed by atoms with Crippen LogP contribution in [0.1, 0.15) is 55.7 Å². The van der Waals surface area contributed by atoms with E-state index in [1.807, 2.05) is 0 Å². The molecule has 0 saturated carbocycles. The van der Waals surface area contributed by atoms with Crippen molar-refractivity contribution in [2.45, 2.75) is 62.2 Å². The van der Waals surface area contributed by atoms with E-state index in [2.05, 4.69) is 43.2 Å². The number of benzene rings is 1. The van der Waals surface area contributed by atoms with Crippen LogP contribution in [0.5, 0.6) is 0 Å². The van der Waals surface area contributed by atoms with Gasteiger partial charge in [0.2, 0.25) is 0 Å². The van der Waals surface area contributed by atoms with Gasteiger partial charge in [0.25, 0.3) is 0 Å². The van der Waals surface area contributed by atoms with Crippen molar-refractivity contribution in [1.82, 2.24) is 4.90 Å². The van der Waals surface area contributed by atoms with Crippen molar-refractivity contribution in [3.63, 3.8) is 0 Å². The van der Waals surface area contributed by atoms with Gasteiger partial charge in [0.05, 0.1) is 0 Å². The van der Waals surface area contributed by atoms with Crippen LogP contribution in [0, 0.1) is 0 Å². The van der Waals surface area contributed by atoms with Crippen molar-refractivity contribution < 1.29 is 0 Å². The highest BCUT2D eigenvalue weighted by Crippen LogP contribution is 2.52. The largest absolute Gasteiger partial charge is 0.384 e. The molecule has 2 aliphatic heterocycles. The highest BCUT2D eigenvalue weighted by atomic mass is 32.1. The standard InChI is InChI=1S/C19H28N2S/c1-18(8-5-9-21(18)3)19(2,22)16-12-20-17-11-14-7-4-6-13(14)10-15(16)17/h10-11,16,20,22H,4-9,12H2,1-3H3/t16?,18-,19?/m1/s1. The molecule has 2 unspecified atom stereocenters. The minimum Gasteiger partial charge on any atom is -0.384 e. The molecular weight excluding hydrogens is 288 g/mol. The number of hydrogen-bond donors (Lipinski definition) is 2. The number of anilines is 1. The van der Waals surface area contributed by atoms with Crippen LogP contribution < -0.4 is 5.32 Å². The summed E-state index contributed by atoms with van der Waals surface area (Å²) in [6.45, 7) is 7.01. The molecule has 120 valence electrons. The lowest BCUT2D eigenvalue weighted by molar-refractivity contribution is 0.135. The second-order valence-electron chi connectivity index (χ2n) is 7.94. The Hall–Kier alpha value is -0.670. The molecule has 3 atom stereocenters. The van der Waals surface area contributed by atoms with Crippen LogP contribution >= 0.6 is 12.6 Å². The van der Waals surface area contributed by atoms with E-state index in [9.17, 15) is 0 Å². The molecule has 1 aromatic carbocycles. The number of rotatable bonds is 2. The van der Waals surface area contributed by atoms with Crippen LogP contribution in [0.15, 0.2) is 12.1 Å². The summed E-state index contributed by atoms with van der Waals surface area (Å²) in [6, 6.07) is 4.91. The lowest BCUT2D eigenvalue weighted by Crippen LogP contribution is -2.56. The SMILES string of the molecule is CN1CCC[C@]1(C)C(C)(S)C1CNc2cc3c(cc21)CCC3. The molecule has 0 spiro atoms. The highest BCUT2D eigenvalue weighted by Gasteiger charge is 2.53. The maximum atomic E-state index is 5.27. The average molecular weight is 317 g/mol. The number of aryl methyl sites for hydroxylation is 2. The fourth-order valence-electron chi connectivity index (χ4n) is 5.02. The third kappa shape index (κ3) is 1.91. The molecule has 0 bridgehead atoms. The Bertz CT molecular complexity index is 610. The first-order chi connectivity index (χ1) is 10.4. The summed E-state index contributed by atoms with van der Waals surface area (Å²) in [6.07, 6.45) is 6.38. The predicted molar refractivity (Wildman–Crippen MR) is 97.4 cm³/mol. The summed E-state index contributed by atoms with van der Waals surface area (Å²) < 4.78 is -0.0245. The number of nitrogens with one attached hydrogen (secondary N) is 1. The summed E-state index contributed by atoms with van der Waals surface area (Å²) in [5.41, 5.74) is 6.21. The van der Waals surface area contributed by atoms with Gasteiger partial charge >= 0.3 is 0 Å². The number of fused-ring (bicyclic) bond motifs is 2. The number of likely N-dealkylation sites (tertiary alicyclic amines) is 1. The minimum atomic E-state index is -0.0245. The maximum Gasteiger partial charge on any atom is 0.0379 e. The average Bonchev–Trinajstić information content (AvgIpc) is 3.16. The van der Waals surface area contributed by atoms with Crippen molar-refractivity contribution in [2.24, 2.45) is 0 Å². The van der Waals surface area contributed by atoms with Gasteiger partial charge in [0.15, 0.2) is 0 Å². The quantitative estimate of drug-likeness (QED) is 0.806. The van der Waals surface area contributed by atoms with Crippen LogP contribution in [-0.2, 0) is 12.8 Å². The molecule has 1 aliphatic carbocycles. The minimum absolute atomic E-state index is 0.0245. The first-order valence-corrected chi connectivity index (χ1v) is 9.21. The first kappa shape index (κ1) is 14.9. The van der Waals surface area contributed by atoms with Crippen molar-refractivity contribution in [3.05, 3.63) is 28.8 Å². The zero-order chi connectivity index (χ0) is 15.5. The number of nitrogens with zero attached hydrogens (tertiary/aromatic N) is 1. The summed E-state index contributed by atoms with van der Waals surface area (Å²) in [7, 11) is 2.27. The van der Waals surface area contributed by atoms with E-state index >= 15 is 0 Å². The fourth-order valence-corrected chi connectivity index (χ4v) is 5.53. The predicted octanol–water partition coefficient (Wildman–Crippen LogP) is 3.86.